The summed E-state index contributed by atoms with van der Waals surface area (Å²) < 4.78 is 23.9. The van der Waals surface area contributed by atoms with E-state index in [1.165, 1.54) is 18.2 Å². The summed E-state index contributed by atoms with van der Waals surface area (Å²) in [6, 6.07) is 6.32. The number of anilines is 1. The van der Waals surface area contributed by atoms with Gasteiger partial charge in [0.25, 0.3) is 6.43 Å². The van der Waals surface area contributed by atoms with E-state index >= 15 is 0 Å². The van der Waals surface area contributed by atoms with Crippen molar-refractivity contribution in [3.8, 4) is 6.07 Å². The fourth-order valence-corrected chi connectivity index (χ4v) is 1.25. The van der Waals surface area contributed by atoms with Crippen LogP contribution in [0.4, 0.5) is 14.5 Å². The van der Waals surface area contributed by atoms with Crippen molar-refractivity contribution >= 4 is 17.3 Å². The molecule has 1 unspecified atom stereocenters. The van der Waals surface area contributed by atoms with Gasteiger partial charge in [-0.3, -0.25) is 0 Å². The number of nitriles is 1. The maximum atomic E-state index is 12.0. The van der Waals surface area contributed by atoms with E-state index in [1.54, 1.807) is 0 Å². The first-order chi connectivity index (χ1) is 7.54. The van der Waals surface area contributed by atoms with Crippen molar-refractivity contribution in [2.75, 3.05) is 11.9 Å². The van der Waals surface area contributed by atoms with Gasteiger partial charge in [0.1, 0.15) is 12.2 Å². The van der Waals surface area contributed by atoms with Crippen molar-refractivity contribution in [1.82, 2.24) is 0 Å². The van der Waals surface area contributed by atoms with Crippen molar-refractivity contribution in [1.29, 1.82) is 5.26 Å². The largest absolute Gasteiger partial charge is 0.385 e. The summed E-state index contributed by atoms with van der Waals surface area (Å²) in [7, 11) is 0. The second-order valence-electron chi connectivity index (χ2n) is 3.09. The molecule has 1 atom stereocenters. The minimum atomic E-state index is -2.79. The Labute approximate surface area is 96.3 Å². The third-order valence-corrected chi connectivity index (χ3v) is 2.21. The third-order valence-electron chi connectivity index (χ3n) is 1.90. The number of hydrogen-bond acceptors (Lipinski definition) is 3. The molecular formula is C10H9ClF2N2O. The molecule has 6 heteroatoms. The summed E-state index contributed by atoms with van der Waals surface area (Å²) in [6.45, 7) is -0.278. The van der Waals surface area contributed by atoms with Gasteiger partial charge in [-0.1, -0.05) is 11.6 Å². The van der Waals surface area contributed by atoms with E-state index in [0.29, 0.717) is 11.3 Å². The number of hydrogen-bond donors (Lipinski definition) is 2. The average Bonchev–Trinajstić information content (AvgIpc) is 2.25. The van der Waals surface area contributed by atoms with Crippen LogP contribution in [0, 0.1) is 11.3 Å². The minimum Gasteiger partial charge on any atom is -0.385 e. The number of aliphatic hydroxyl groups is 1. The highest BCUT2D eigenvalue weighted by molar-refractivity contribution is 6.32. The lowest BCUT2D eigenvalue weighted by atomic mass is 10.2. The predicted molar refractivity (Wildman–Crippen MR) is 56.7 cm³/mol. The highest BCUT2D eigenvalue weighted by Gasteiger charge is 2.16. The Hall–Kier alpha value is -1.38. The van der Waals surface area contributed by atoms with E-state index in [1.807, 2.05) is 6.07 Å². The molecule has 86 valence electrons. The van der Waals surface area contributed by atoms with Crippen LogP contribution >= 0.6 is 11.6 Å². The van der Waals surface area contributed by atoms with E-state index in [2.05, 4.69) is 5.32 Å². The zero-order valence-corrected chi connectivity index (χ0v) is 8.88. The zero-order valence-electron chi connectivity index (χ0n) is 8.12. The molecule has 0 aliphatic heterocycles. The first kappa shape index (κ1) is 12.7. The van der Waals surface area contributed by atoms with Gasteiger partial charge in [-0.15, -0.1) is 0 Å². The standard InChI is InChI=1S/C10H9ClF2N2O/c11-8-3-7(2-1-6(8)4-14)15-5-9(16)10(12)13/h1-3,9-10,15-16H,5H2. The molecule has 3 nitrogen and oxygen atoms in total. The van der Waals surface area contributed by atoms with Gasteiger partial charge in [-0.2, -0.15) is 5.26 Å². The van der Waals surface area contributed by atoms with Crippen LogP contribution < -0.4 is 5.32 Å². The Morgan fingerprint density at radius 1 is 1.50 bits per heavy atom. The normalized spacial score (nSPS) is 12.2. The van der Waals surface area contributed by atoms with Crippen LogP contribution in [-0.2, 0) is 0 Å². The molecule has 1 aromatic carbocycles. The highest BCUT2D eigenvalue weighted by Crippen LogP contribution is 2.20. The monoisotopic (exact) mass is 246 g/mol. The predicted octanol–water partition coefficient (Wildman–Crippen LogP) is 2.25. The van der Waals surface area contributed by atoms with Crippen LogP contribution in [0.2, 0.25) is 5.02 Å². The van der Waals surface area contributed by atoms with E-state index in [9.17, 15) is 8.78 Å². The van der Waals surface area contributed by atoms with Crippen LogP contribution in [0.15, 0.2) is 18.2 Å². The Morgan fingerprint density at radius 3 is 2.69 bits per heavy atom. The smallest absolute Gasteiger partial charge is 0.265 e. The van der Waals surface area contributed by atoms with Crippen molar-refractivity contribution < 1.29 is 13.9 Å². The maximum Gasteiger partial charge on any atom is 0.265 e. The summed E-state index contributed by atoms with van der Waals surface area (Å²) in [6.07, 6.45) is -4.52. The molecule has 0 saturated heterocycles. The molecule has 0 fully saturated rings. The van der Waals surface area contributed by atoms with Crippen molar-refractivity contribution in [3.63, 3.8) is 0 Å². The fourth-order valence-electron chi connectivity index (χ4n) is 1.03. The summed E-state index contributed by atoms with van der Waals surface area (Å²) in [5.74, 6) is 0. The summed E-state index contributed by atoms with van der Waals surface area (Å²) in [5, 5.41) is 20.3. The van der Waals surface area contributed by atoms with Crippen LogP contribution in [-0.4, -0.2) is 24.2 Å². The molecule has 0 aliphatic rings. The number of aliphatic hydroxyl groups excluding tert-OH is 1. The molecule has 0 saturated carbocycles. The van der Waals surface area contributed by atoms with E-state index < -0.39 is 12.5 Å². The molecule has 0 heterocycles. The Bertz CT molecular complexity index is 406. The van der Waals surface area contributed by atoms with Gasteiger partial charge >= 0.3 is 0 Å². The third kappa shape index (κ3) is 3.33. The van der Waals surface area contributed by atoms with Crippen molar-refractivity contribution in [2.24, 2.45) is 0 Å². The Kier molecular flexibility index (Phi) is 4.47. The quantitative estimate of drug-likeness (QED) is 0.857. The fraction of sp³-hybridized carbons (Fsp3) is 0.300. The molecule has 0 bridgehead atoms. The first-order valence-corrected chi connectivity index (χ1v) is 4.82. The molecule has 0 spiro atoms. The number of nitrogens with one attached hydrogen (secondary N) is 1. The van der Waals surface area contributed by atoms with E-state index in [4.69, 9.17) is 22.0 Å². The van der Waals surface area contributed by atoms with Gasteiger partial charge in [-0.05, 0) is 18.2 Å². The lowest BCUT2D eigenvalue weighted by Gasteiger charge is -2.12. The molecule has 1 aromatic rings. The van der Waals surface area contributed by atoms with Gasteiger partial charge in [-0.25, -0.2) is 8.78 Å². The molecule has 0 amide bonds. The van der Waals surface area contributed by atoms with Gasteiger partial charge in [0.2, 0.25) is 0 Å². The maximum absolute atomic E-state index is 12.0. The molecule has 0 aromatic heterocycles. The van der Waals surface area contributed by atoms with E-state index in [0.717, 1.165) is 0 Å². The molecule has 1 rings (SSSR count). The summed E-state index contributed by atoms with van der Waals surface area (Å²) in [4.78, 5) is 0. The van der Waals surface area contributed by atoms with Gasteiger partial charge in [0, 0.05) is 12.2 Å². The second-order valence-corrected chi connectivity index (χ2v) is 3.50. The average molecular weight is 247 g/mol. The number of halogens is 3. The summed E-state index contributed by atoms with van der Waals surface area (Å²) >= 11 is 5.73. The molecule has 16 heavy (non-hydrogen) atoms. The minimum absolute atomic E-state index is 0.235. The van der Waals surface area contributed by atoms with Gasteiger partial charge in [0.15, 0.2) is 0 Å². The Balaban J connectivity index is 2.63. The SMILES string of the molecule is N#Cc1ccc(NCC(O)C(F)F)cc1Cl. The second kappa shape index (κ2) is 5.64. The van der Waals surface area contributed by atoms with Crippen LogP contribution in [0.1, 0.15) is 5.56 Å². The number of rotatable bonds is 4. The van der Waals surface area contributed by atoms with Crippen LogP contribution in [0.3, 0.4) is 0 Å². The highest BCUT2D eigenvalue weighted by atomic mass is 35.5. The molecular weight excluding hydrogens is 238 g/mol. The topological polar surface area (TPSA) is 56.0 Å². The van der Waals surface area contributed by atoms with Crippen LogP contribution in [0.25, 0.3) is 0 Å². The van der Waals surface area contributed by atoms with Gasteiger partial charge < -0.3 is 10.4 Å². The van der Waals surface area contributed by atoms with E-state index in [-0.39, 0.29) is 11.6 Å². The van der Waals surface area contributed by atoms with Crippen molar-refractivity contribution in [3.05, 3.63) is 28.8 Å². The number of nitrogens with zero attached hydrogens (tertiary/aromatic N) is 1. The Morgan fingerprint density at radius 2 is 2.19 bits per heavy atom. The van der Waals surface area contributed by atoms with Crippen LogP contribution in [0.5, 0.6) is 0 Å². The lowest BCUT2D eigenvalue weighted by Crippen LogP contribution is -2.26. The summed E-state index contributed by atoms with van der Waals surface area (Å²) in [5.41, 5.74) is 0.783. The molecule has 2 N–H and O–H groups in total. The van der Waals surface area contributed by atoms with Gasteiger partial charge in [0.05, 0.1) is 10.6 Å². The molecule has 0 aliphatic carbocycles. The number of alkyl halides is 2. The molecule has 0 radical (unpaired) electrons. The first-order valence-electron chi connectivity index (χ1n) is 4.44. The zero-order chi connectivity index (χ0) is 12.1. The lowest BCUT2D eigenvalue weighted by molar-refractivity contribution is 0.00384. The number of benzene rings is 1. The van der Waals surface area contributed by atoms with Crippen molar-refractivity contribution in [2.45, 2.75) is 12.5 Å².